The molecule has 1 fully saturated rings. The van der Waals surface area contributed by atoms with Crippen molar-refractivity contribution in [1.82, 2.24) is 25.4 Å². The van der Waals surface area contributed by atoms with Crippen LogP contribution in [-0.4, -0.2) is 39.9 Å². The average molecular weight is 432 g/mol. The first-order chi connectivity index (χ1) is 10.7. The number of hydrogen-bond acceptors (Lipinski definition) is 3. The van der Waals surface area contributed by atoms with Gasteiger partial charge in [-0.25, -0.2) is 9.67 Å². The van der Waals surface area contributed by atoms with Crippen LogP contribution >= 0.6 is 24.0 Å². The molecular weight excluding hydrogens is 403 g/mol. The second-order valence-electron chi connectivity index (χ2n) is 6.47. The predicted octanol–water partition coefficient (Wildman–Crippen LogP) is 2.13. The SMILES string of the molecule is CCCC1CC1NC(=NC)NC1CCc2nc(CC)nn2C1.I. The molecular formula is C16H29IN6. The Hall–Kier alpha value is -0.860. The Morgan fingerprint density at radius 1 is 1.35 bits per heavy atom. The number of rotatable bonds is 5. The minimum absolute atomic E-state index is 0. The molecule has 7 heteroatoms. The van der Waals surface area contributed by atoms with Crippen LogP contribution in [0.25, 0.3) is 0 Å². The van der Waals surface area contributed by atoms with Crippen LogP contribution in [0.4, 0.5) is 0 Å². The second kappa shape index (κ2) is 8.30. The topological polar surface area (TPSA) is 67.1 Å². The van der Waals surface area contributed by atoms with Crippen molar-refractivity contribution in [2.24, 2.45) is 10.9 Å². The van der Waals surface area contributed by atoms with E-state index in [4.69, 9.17) is 0 Å². The highest BCUT2D eigenvalue weighted by molar-refractivity contribution is 14.0. The maximum Gasteiger partial charge on any atom is 0.191 e. The molecule has 3 rings (SSSR count). The van der Waals surface area contributed by atoms with Crippen molar-refractivity contribution in [2.45, 2.75) is 71.0 Å². The fourth-order valence-corrected chi connectivity index (χ4v) is 3.28. The zero-order valence-corrected chi connectivity index (χ0v) is 16.7. The molecule has 2 aliphatic rings. The van der Waals surface area contributed by atoms with E-state index in [-0.39, 0.29) is 24.0 Å². The Morgan fingerprint density at radius 3 is 2.87 bits per heavy atom. The largest absolute Gasteiger partial charge is 0.353 e. The smallest absolute Gasteiger partial charge is 0.191 e. The third-order valence-electron chi connectivity index (χ3n) is 4.69. The maximum atomic E-state index is 4.57. The monoisotopic (exact) mass is 432 g/mol. The first-order valence-corrected chi connectivity index (χ1v) is 8.65. The van der Waals surface area contributed by atoms with E-state index < -0.39 is 0 Å². The van der Waals surface area contributed by atoms with E-state index in [9.17, 15) is 0 Å². The van der Waals surface area contributed by atoms with E-state index in [2.05, 4.69) is 44.2 Å². The highest BCUT2D eigenvalue weighted by Gasteiger charge is 2.37. The first-order valence-electron chi connectivity index (χ1n) is 8.65. The van der Waals surface area contributed by atoms with E-state index in [1.54, 1.807) is 0 Å². The Labute approximate surface area is 155 Å². The van der Waals surface area contributed by atoms with E-state index in [1.165, 1.54) is 19.3 Å². The van der Waals surface area contributed by atoms with Crippen LogP contribution in [0.1, 0.15) is 51.2 Å². The highest BCUT2D eigenvalue weighted by atomic mass is 127. The van der Waals surface area contributed by atoms with Gasteiger partial charge in [-0.2, -0.15) is 5.10 Å². The summed E-state index contributed by atoms with van der Waals surface area (Å²) in [6.07, 6.45) is 6.86. The van der Waals surface area contributed by atoms with E-state index >= 15 is 0 Å². The number of fused-ring (bicyclic) bond motifs is 1. The van der Waals surface area contributed by atoms with Crippen LogP contribution in [-0.2, 0) is 19.4 Å². The van der Waals surface area contributed by atoms with Gasteiger partial charge in [-0.3, -0.25) is 4.99 Å². The number of guanidine groups is 1. The minimum atomic E-state index is 0. The molecule has 1 saturated carbocycles. The van der Waals surface area contributed by atoms with Crippen molar-refractivity contribution < 1.29 is 0 Å². The number of nitrogens with zero attached hydrogens (tertiary/aromatic N) is 4. The van der Waals surface area contributed by atoms with Crippen molar-refractivity contribution in [1.29, 1.82) is 0 Å². The van der Waals surface area contributed by atoms with Crippen LogP contribution in [0, 0.1) is 5.92 Å². The van der Waals surface area contributed by atoms with Crippen molar-refractivity contribution in [2.75, 3.05) is 7.05 Å². The summed E-state index contributed by atoms with van der Waals surface area (Å²) in [7, 11) is 1.85. The zero-order valence-electron chi connectivity index (χ0n) is 14.4. The predicted molar refractivity (Wildman–Crippen MR) is 103 cm³/mol. The number of nitrogens with one attached hydrogen (secondary N) is 2. The van der Waals surface area contributed by atoms with Crippen molar-refractivity contribution in [3.63, 3.8) is 0 Å². The summed E-state index contributed by atoms with van der Waals surface area (Å²) in [5, 5.41) is 11.7. The van der Waals surface area contributed by atoms with Gasteiger partial charge in [0.1, 0.15) is 5.82 Å². The van der Waals surface area contributed by atoms with Crippen LogP contribution in [0.5, 0.6) is 0 Å². The fraction of sp³-hybridized carbons (Fsp3) is 0.812. The quantitative estimate of drug-likeness (QED) is 0.425. The number of aryl methyl sites for hydroxylation is 2. The molecule has 23 heavy (non-hydrogen) atoms. The molecule has 0 saturated heterocycles. The van der Waals surface area contributed by atoms with Crippen molar-refractivity contribution in [3.8, 4) is 0 Å². The lowest BCUT2D eigenvalue weighted by Gasteiger charge is -2.25. The maximum absolute atomic E-state index is 4.57. The van der Waals surface area contributed by atoms with Gasteiger partial charge in [-0.1, -0.05) is 20.3 Å². The van der Waals surface area contributed by atoms with Gasteiger partial charge in [0.25, 0.3) is 0 Å². The molecule has 130 valence electrons. The number of halogens is 1. The van der Waals surface area contributed by atoms with Crippen LogP contribution in [0.15, 0.2) is 4.99 Å². The van der Waals surface area contributed by atoms with Gasteiger partial charge in [0.15, 0.2) is 11.8 Å². The van der Waals surface area contributed by atoms with Crippen LogP contribution < -0.4 is 10.6 Å². The van der Waals surface area contributed by atoms with E-state index in [0.29, 0.717) is 12.1 Å². The minimum Gasteiger partial charge on any atom is -0.353 e. The second-order valence-corrected chi connectivity index (χ2v) is 6.47. The summed E-state index contributed by atoms with van der Waals surface area (Å²) >= 11 is 0. The molecule has 1 aliphatic carbocycles. The standard InChI is InChI=1S/C16H28N6.HI/c1-4-6-11-9-13(11)19-16(17-3)18-12-7-8-15-20-14(5-2)21-22(15)10-12;/h11-13H,4-10H2,1-3H3,(H2,17,18,19);1H. The zero-order chi connectivity index (χ0) is 15.5. The molecule has 0 spiro atoms. The van der Waals surface area contributed by atoms with Gasteiger partial charge in [0.05, 0.1) is 6.54 Å². The Balaban J connectivity index is 0.00000192. The lowest BCUT2D eigenvalue weighted by Crippen LogP contribution is -2.47. The molecule has 6 nitrogen and oxygen atoms in total. The van der Waals surface area contributed by atoms with Gasteiger partial charge in [0.2, 0.25) is 0 Å². The Kier molecular flexibility index (Phi) is 6.67. The molecule has 3 unspecified atom stereocenters. The Bertz CT molecular complexity index is 541. The van der Waals surface area contributed by atoms with Gasteiger partial charge in [0, 0.05) is 32.0 Å². The summed E-state index contributed by atoms with van der Waals surface area (Å²) in [6, 6.07) is 0.997. The highest BCUT2D eigenvalue weighted by Crippen LogP contribution is 2.34. The molecule has 0 amide bonds. The van der Waals surface area contributed by atoms with Gasteiger partial charge in [-0.05, 0) is 25.2 Å². The molecule has 0 aromatic carbocycles. The number of aliphatic imine (C=N–C) groups is 1. The van der Waals surface area contributed by atoms with E-state index in [0.717, 1.165) is 49.3 Å². The van der Waals surface area contributed by atoms with Gasteiger partial charge in [-0.15, -0.1) is 24.0 Å². The molecule has 2 heterocycles. The Morgan fingerprint density at radius 2 is 2.17 bits per heavy atom. The molecule has 1 aromatic rings. The lowest BCUT2D eigenvalue weighted by atomic mass is 10.1. The first kappa shape index (κ1) is 18.5. The summed E-state index contributed by atoms with van der Waals surface area (Å²) in [4.78, 5) is 8.95. The van der Waals surface area contributed by atoms with Crippen molar-refractivity contribution >= 4 is 29.9 Å². The van der Waals surface area contributed by atoms with Crippen LogP contribution in [0.3, 0.4) is 0 Å². The summed E-state index contributed by atoms with van der Waals surface area (Å²) in [5.41, 5.74) is 0. The molecule has 0 bridgehead atoms. The van der Waals surface area contributed by atoms with Crippen LogP contribution in [0.2, 0.25) is 0 Å². The summed E-state index contributed by atoms with van der Waals surface area (Å²) in [6.45, 7) is 5.24. The third kappa shape index (κ3) is 4.58. The third-order valence-corrected chi connectivity index (χ3v) is 4.69. The van der Waals surface area contributed by atoms with Crippen molar-refractivity contribution in [3.05, 3.63) is 11.6 Å². The number of hydrogen-bond donors (Lipinski definition) is 2. The summed E-state index contributed by atoms with van der Waals surface area (Å²) in [5.74, 6) is 3.86. The number of aromatic nitrogens is 3. The molecule has 1 aromatic heterocycles. The molecule has 0 radical (unpaired) electrons. The lowest BCUT2D eigenvalue weighted by molar-refractivity contribution is 0.391. The molecule has 2 N–H and O–H groups in total. The summed E-state index contributed by atoms with van der Waals surface area (Å²) < 4.78 is 2.06. The van der Waals surface area contributed by atoms with Gasteiger partial charge < -0.3 is 10.6 Å². The normalized spacial score (nSPS) is 26.2. The molecule has 3 atom stereocenters. The van der Waals surface area contributed by atoms with E-state index in [1.807, 2.05) is 7.05 Å². The average Bonchev–Trinajstić information content (AvgIpc) is 3.11. The fourth-order valence-electron chi connectivity index (χ4n) is 3.28. The molecule has 1 aliphatic heterocycles. The van der Waals surface area contributed by atoms with Gasteiger partial charge >= 0.3 is 0 Å².